The molecule has 0 bridgehead atoms. The summed E-state index contributed by atoms with van der Waals surface area (Å²) in [6.07, 6.45) is 7.65. The molecule has 1 amide bonds. The van der Waals surface area contributed by atoms with Gasteiger partial charge in [0.2, 0.25) is 5.91 Å². The number of hydrogen-bond acceptors (Lipinski definition) is 6. The Bertz CT molecular complexity index is 562. The Morgan fingerprint density at radius 1 is 1.39 bits per heavy atom. The summed E-state index contributed by atoms with van der Waals surface area (Å²) < 4.78 is 5.28. The Morgan fingerprint density at radius 3 is 2.78 bits per heavy atom. The number of anilines is 1. The Balaban J connectivity index is 1.67. The molecule has 7 heteroatoms. The van der Waals surface area contributed by atoms with Crippen molar-refractivity contribution in [3.05, 3.63) is 10.6 Å². The van der Waals surface area contributed by atoms with Crippen LogP contribution in [0.1, 0.15) is 61.4 Å². The molecule has 3 rings (SSSR count). The first kappa shape index (κ1) is 16.5. The van der Waals surface area contributed by atoms with Crippen molar-refractivity contribution in [1.82, 2.24) is 4.98 Å². The molecule has 1 aromatic heterocycles. The molecule has 0 atom stereocenters. The number of aromatic nitrogens is 1. The van der Waals surface area contributed by atoms with E-state index < -0.39 is 0 Å². The van der Waals surface area contributed by atoms with E-state index in [1.807, 2.05) is 0 Å². The number of rotatable bonds is 6. The largest absolute Gasteiger partial charge is 0.378 e. The van der Waals surface area contributed by atoms with Crippen LogP contribution >= 0.6 is 11.3 Å². The summed E-state index contributed by atoms with van der Waals surface area (Å²) in [5, 5.41) is 7.12. The van der Waals surface area contributed by atoms with Gasteiger partial charge in [-0.15, -0.1) is 11.3 Å². The highest BCUT2D eigenvalue weighted by Gasteiger charge is 2.35. The molecule has 2 aliphatic rings. The molecular weight excluding hydrogens is 312 g/mol. The lowest BCUT2D eigenvalue weighted by molar-refractivity contribution is -0.122. The number of methoxy groups -OCH3 is 1. The SMILES string of the molecule is COCc1nc(NC(=O)C2CC(N=N)C2)sc1C1CCCCC1. The third-order valence-corrected chi connectivity index (χ3v) is 6.06. The maximum atomic E-state index is 12.2. The average molecular weight is 336 g/mol. The van der Waals surface area contributed by atoms with Gasteiger partial charge in [-0.2, -0.15) is 5.11 Å². The molecule has 0 aromatic carbocycles. The molecule has 0 saturated heterocycles. The molecule has 2 aliphatic carbocycles. The lowest BCUT2D eigenvalue weighted by atomic mass is 9.80. The summed E-state index contributed by atoms with van der Waals surface area (Å²) in [5.41, 5.74) is 7.95. The third-order valence-electron chi connectivity index (χ3n) is 4.88. The number of thiazole rings is 1. The second kappa shape index (κ2) is 7.49. The predicted octanol–water partition coefficient (Wildman–Crippen LogP) is 4.09. The van der Waals surface area contributed by atoms with E-state index >= 15 is 0 Å². The van der Waals surface area contributed by atoms with Crippen molar-refractivity contribution in [2.45, 2.75) is 63.5 Å². The number of hydrogen-bond donors (Lipinski definition) is 2. The molecule has 1 heterocycles. The quantitative estimate of drug-likeness (QED) is 0.767. The molecule has 2 saturated carbocycles. The second-order valence-electron chi connectivity index (χ2n) is 6.54. The van der Waals surface area contributed by atoms with Gasteiger partial charge in [-0.25, -0.2) is 10.5 Å². The number of ether oxygens (including phenoxy) is 1. The molecule has 6 nitrogen and oxygen atoms in total. The van der Waals surface area contributed by atoms with Crippen LogP contribution < -0.4 is 5.32 Å². The van der Waals surface area contributed by atoms with Crippen LogP contribution in [0.2, 0.25) is 0 Å². The fourth-order valence-corrected chi connectivity index (χ4v) is 4.60. The van der Waals surface area contributed by atoms with E-state index in [2.05, 4.69) is 15.4 Å². The van der Waals surface area contributed by atoms with Crippen molar-refractivity contribution in [3.8, 4) is 0 Å². The zero-order chi connectivity index (χ0) is 16.2. The normalized spacial score (nSPS) is 24.9. The van der Waals surface area contributed by atoms with Gasteiger partial charge >= 0.3 is 0 Å². The van der Waals surface area contributed by atoms with Crippen LogP contribution in [0, 0.1) is 11.4 Å². The number of nitrogens with zero attached hydrogens (tertiary/aromatic N) is 2. The maximum absolute atomic E-state index is 12.2. The first-order valence-electron chi connectivity index (χ1n) is 8.37. The zero-order valence-electron chi connectivity index (χ0n) is 13.5. The van der Waals surface area contributed by atoms with E-state index in [1.165, 1.54) is 37.0 Å². The van der Waals surface area contributed by atoms with E-state index in [4.69, 9.17) is 10.3 Å². The van der Waals surface area contributed by atoms with Crippen molar-refractivity contribution >= 4 is 22.4 Å². The molecule has 2 N–H and O–H groups in total. The van der Waals surface area contributed by atoms with Gasteiger partial charge in [0.05, 0.1) is 18.3 Å². The number of carbonyl (C=O) groups is 1. The van der Waals surface area contributed by atoms with E-state index in [0.29, 0.717) is 30.5 Å². The van der Waals surface area contributed by atoms with Crippen LogP contribution in [0.25, 0.3) is 0 Å². The van der Waals surface area contributed by atoms with Crippen LogP contribution in [0.3, 0.4) is 0 Å². The van der Waals surface area contributed by atoms with E-state index in [9.17, 15) is 4.79 Å². The van der Waals surface area contributed by atoms with Crippen molar-refractivity contribution in [2.75, 3.05) is 12.4 Å². The Morgan fingerprint density at radius 2 is 2.13 bits per heavy atom. The molecule has 23 heavy (non-hydrogen) atoms. The minimum Gasteiger partial charge on any atom is -0.378 e. The summed E-state index contributed by atoms with van der Waals surface area (Å²) >= 11 is 1.61. The Labute approximate surface area is 140 Å². The van der Waals surface area contributed by atoms with Crippen molar-refractivity contribution in [2.24, 2.45) is 11.0 Å². The van der Waals surface area contributed by atoms with Gasteiger partial charge in [-0.1, -0.05) is 19.3 Å². The van der Waals surface area contributed by atoms with Gasteiger partial charge in [0.25, 0.3) is 0 Å². The third kappa shape index (κ3) is 3.77. The van der Waals surface area contributed by atoms with Crippen molar-refractivity contribution < 1.29 is 9.53 Å². The molecular formula is C16H24N4O2S. The van der Waals surface area contributed by atoms with E-state index in [-0.39, 0.29) is 17.9 Å². The highest BCUT2D eigenvalue weighted by molar-refractivity contribution is 7.16. The van der Waals surface area contributed by atoms with Gasteiger partial charge in [0.15, 0.2) is 5.13 Å². The minimum absolute atomic E-state index is 0.0119. The van der Waals surface area contributed by atoms with Crippen molar-refractivity contribution in [3.63, 3.8) is 0 Å². The van der Waals surface area contributed by atoms with Crippen LogP contribution in [-0.4, -0.2) is 24.0 Å². The minimum atomic E-state index is -0.0259. The molecule has 2 fully saturated rings. The van der Waals surface area contributed by atoms with E-state index in [0.717, 1.165) is 5.69 Å². The summed E-state index contributed by atoms with van der Waals surface area (Å²) in [6, 6.07) is 0.0314. The number of carbonyl (C=O) groups excluding carboxylic acids is 1. The molecule has 0 radical (unpaired) electrons. The lowest BCUT2D eigenvalue weighted by Gasteiger charge is -2.29. The van der Waals surface area contributed by atoms with Gasteiger partial charge in [-0.05, 0) is 31.6 Å². The highest BCUT2D eigenvalue weighted by atomic mass is 32.1. The van der Waals surface area contributed by atoms with Crippen LogP contribution in [0.5, 0.6) is 0 Å². The van der Waals surface area contributed by atoms with Gasteiger partial charge < -0.3 is 10.1 Å². The molecule has 0 unspecified atom stereocenters. The fourth-order valence-electron chi connectivity index (χ4n) is 3.46. The smallest absolute Gasteiger partial charge is 0.229 e. The summed E-state index contributed by atoms with van der Waals surface area (Å²) in [5.74, 6) is 0.548. The second-order valence-corrected chi connectivity index (χ2v) is 7.57. The highest BCUT2D eigenvalue weighted by Crippen LogP contribution is 2.40. The Hall–Kier alpha value is -1.34. The van der Waals surface area contributed by atoms with Gasteiger partial charge in [-0.3, -0.25) is 4.79 Å². The van der Waals surface area contributed by atoms with Crippen LogP contribution in [0.15, 0.2) is 5.11 Å². The Kier molecular flexibility index (Phi) is 5.38. The average Bonchev–Trinajstić information content (AvgIpc) is 2.90. The summed E-state index contributed by atoms with van der Waals surface area (Å²) in [6.45, 7) is 0.501. The monoisotopic (exact) mass is 336 g/mol. The van der Waals surface area contributed by atoms with Crippen LogP contribution in [0.4, 0.5) is 5.13 Å². The summed E-state index contributed by atoms with van der Waals surface area (Å²) in [4.78, 5) is 18.1. The standard InChI is InChI=1S/C16H24N4O2S/c1-22-9-13-14(10-5-3-2-4-6-10)23-16(18-13)19-15(21)11-7-12(8-11)20-17/h10-12,17H,2-9H2,1H3,(H,18,19,21). The fraction of sp³-hybridized carbons (Fsp3) is 0.750. The lowest BCUT2D eigenvalue weighted by Crippen LogP contribution is -2.36. The molecule has 126 valence electrons. The molecule has 0 aliphatic heterocycles. The maximum Gasteiger partial charge on any atom is 0.229 e. The topological polar surface area (TPSA) is 87.4 Å². The first-order valence-corrected chi connectivity index (χ1v) is 9.19. The number of nitrogens with one attached hydrogen (secondary N) is 2. The number of amides is 1. The summed E-state index contributed by atoms with van der Waals surface area (Å²) in [7, 11) is 1.68. The zero-order valence-corrected chi connectivity index (χ0v) is 14.3. The molecule has 1 aromatic rings. The van der Waals surface area contributed by atoms with Gasteiger partial charge in [0.1, 0.15) is 0 Å². The van der Waals surface area contributed by atoms with Gasteiger partial charge in [0, 0.05) is 17.9 Å². The van der Waals surface area contributed by atoms with E-state index in [1.54, 1.807) is 18.4 Å². The van der Waals surface area contributed by atoms with Crippen LogP contribution in [-0.2, 0) is 16.1 Å². The van der Waals surface area contributed by atoms with Crippen molar-refractivity contribution in [1.29, 1.82) is 5.53 Å². The first-order chi connectivity index (χ1) is 11.2. The molecule has 0 spiro atoms. The predicted molar refractivity (Wildman–Crippen MR) is 88.9 cm³/mol.